The summed E-state index contributed by atoms with van der Waals surface area (Å²) in [5.41, 5.74) is 3.31. The minimum Gasteiger partial charge on any atom is -0.489 e. The lowest BCUT2D eigenvalue weighted by Crippen LogP contribution is -2.41. The Kier molecular flexibility index (Phi) is 3.88. The summed E-state index contributed by atoms with van der Waals surface area (Å²) in [6, 6.07) is 15.4. The average Bonchev–Trinajstić information content (AvgIpc) is 2.53. The van der Waals surface area contributed by atoms with Gasteiger partial charge in [0.05, 0.1) is 0 Å². The maximum atomic E-state index is 11.0. The number of carboxylic acids is 1. The van der Waals surface area contributed by atoms with Gasteiger partial charge in [-0.05, 0) is 35.2 Å². The highest BCUT2D eigenvalue weighted by Crippen LogP contribution is 2.23. The predicted molar refractivity (Wildman–Crippen MR) is 79.2 cm³/mol. The molecule has 3 rings (SSSR count). The molecular weight excluding hydrogens is 266 g/mol. The van der Waals surface area contributed by atoms with Crippen LogP contribution in [-0.2, 0) is 24.4 Å². The Morgan fingerprint density at radius 3 is 2.76 bits per heavy atom. The molecule has 0 saturated carbocycles. The zero-order valence-corrected chi connectivity index (χ0v) is 11.6. The summed E-state index contributed by atoms with van der Waals surface area (Å²) in [5, 5.41) is 12.1. The monoisotopic (exact) mass is 283 g/mol. The van der Waals surface area contributed by atoms with E-state index in [1.165, 1.54) is 0 Å². The van der Waals surface area contributed by atoms with Crippen molar-refractivity contribution < 1.29 is 14.6 Å². The molecule has 1 atom stereocenters. The Labute approximate surface area is 123 Å². The van der Waals surface area contributed by atoms with Gasteiger partial charge in [0.15, 0.2) is 0 Å². The third kappa shape index (κ3) is 3.23. The summed E-state index contributed by atoms with van der Waals surface area (Å²) in [6.07, 6.45) is 0.517. The molecule has 0 bridgehead atoms. The van der Waals surface area contributed by atoms with Gasteiger partial charge in [0.1, 0.15) is 18.4 Å². The zero-order valence-electron chi connectivity index (χ0n) is 11.6. The van der Waals surface area contributed by atoms with E-state index in [0.29, 0.717) is 19.6 Å². The van der Waals surface area contributed by atoms with Gasteiger partial charge in [-0.15, -0.1) is 0 Å². The zero-order chi connectivity index (χ0) is 14.7. The molecule has 108 valence electrons. The molecule has 0 aliphatic carbocycles. The van der Waals surface area contributed by atoms with Gasteiger partial charge in [-0.1, -0.05) is 36.4 Å². The predicted octanol–water partition coefficient (Wildman–Crippen LogP) is 2.36. The minimum absolute atomic E-state index is 0.492. The number of carbonyl (C=O) groups is 1. The van der Waals surface area contributed by atoms with Crippen molar-refractivity contribution in [1.82, 2.24) is 5.32 Å². The summed E-state index contributed by atoms with van der Waals surface area (Å²) >= 11 is 0. The molecule has 0 unspecified atom stereocenters. The number of fused-ring (bicyclic) bond motifs is 1. The number of ether oxygens (including phenoxy) is 1. The molecule has 1 aliphatic rings. The fraction of sp³-hybridized carbons (Fsp3) is 0.235. The quantitative estimate of drug-likeness (QED) is 0.904. The molecule has 0 radical (unpaired) electrons. The van der Waals surface area contributed by atoms with E-state index in [2.05, 4.69) is 5.32 Å². The highest BCUT2D eigenvalue weighted by Gasteiger charge is 2.23. The number of rotatable bonds is 4. The molecule has 2 aromatic rings. The van der Waals surface area contributed by atoms with Gasteiger partial charge in [0, 0.05) is 6.54 Å². The number of nitrogens with one attached hydrogen (secondary N) is 1. The molecular formula is C17H17NO3. The largest absolute Gasteiger partial charge is 0.489 e. The molecule has 2 N–H and O–H groups in total. The summed E-state index contributed by atoms with van der Waals surface area (Å²) < 4.78 is 5.79. The van der Waals surface area contributed by atoms with Crippen LogP contribution in [0.4, 0.5) is 0 Å². The Hall–Kier alpha value is -2.33. The number of benzene rings is 2. The smallest absolute Gasteiger partial charge is 0.321 e. The Bertz CT molecular complexity index is 640. The van der Waals surface area contributed by atoms with E-state index in [1.807, 2.05) is 48.5 Å². The topological polar surface area (TPSA) is 58.6 Å². The van der Waals surface area contributed by atoms with E-state index in [4.69, 9.17) is 9.84 Å². The van der Waals surface area contributed by atoms with Crippen molar-refractivity contribution >= 4 is 5.97 Å². The number of carboxylic acid groups (broad SMARTS) is 1. The summed E-state index contributed by atoms with van der Waals surface area (Å²) in [7, 11) is 0. The summed E-state index contributed by atoms with van der Waals surface area (Å²) in [6.45, 7) is 1.10. The highest BCUT2D eigenvalue weighted by atomic mass is 16.5. The molecule has 1 aliphatic heterocycles. The lowest BCUT2D eigenvalue weighted by molar-refractivity contribution is -0.139. The van der Waals surface area contributed by atoms with Crippen molar-refractivity contribution in [2.24, 2.45) is 0 Å². The molecule has 0 saturated heterocycles. The Morgan fingerprint density at radius 2 is 2.00 bits per heavy atom. The average molecular weight is 283 g/mol. The molecule has 2 aromatic carbocycles. The Balaban J connectivity index is 1.68. The van der Waals surface area contributed by atoms with E-state index >= 15 is 0 Å². The van der Waals surface area contributed by atoms with Crippen LogP contribution in [0.2, 0.25) is 0 Å². The second-order valence-electron chi connectivity index (χ2n) is 5.18. The molecule has 1 heterocycles. The van der Waals surface area contributed by atoms with E-state index in [1.54, 1.807) is 0 Å². The standard InChI is InChI=1S/C17H17NO3/c19-17(20)16-9-13-6-7-15(8-14(13)10-18-16)21-11-12-4-2-1-3-5-12/h1-8,16,18H,9-11H2,(H,19,20)/t16-/m0/s1. The van der Waals surface area contributed by atoms with E-state index in [0.717, 1.165) is 22.4 Å². The second kappa shape index (κ2) is 5.97. The lowest BCUT2D eigenvalue weighted by Gasteiger charge is -2.23. The number of hydrogen-bond donors (Lipinski definition) is 2. The summed E-state index contributed by atoms with van der Waals surface area (Å²) in [4.78, 5) is 11.0. The normalized spacial score (nSPS) is 17.0. The molecule has 0 fully saturated rings. The molecule has 0 amide bonds. The minimum atomic E-state index is -0.801. The fourth-order valence-corrected chi connectivity index (χ4v) is 2.50. The van der Waals surface area contributed by atoms with Gasteiger partial charge in [-0.25, -0.2) is 0 Å². The van der Waals surface area contributed by atoms with E-state index in [-0.39, 0.29) is 0 Å². The SMILES string of the molecule is O=C(O)[C@@H]1Cc2ccc(OCc3ccccc3)cc2CN1. The van der Waals surface area contributed by atoms with Crippen LogP contribution in [0.25, 0.3) is 0 Å². The van der Waals surface area contributed by atoms with Gasteiger partial charge >= 0.3 is 5.97 Å². The van der Waals surface area contributed by atoms with Gasteiger partial charge in [0.2, 0.25) is 0 Å². The van der Waals surface area contributed by atoms with E-state index < -0.39 is 12.0 Å². The van der Waals surface area contributed by atoms with E-state index in [9.17, 15) is 4.79 Å². The molecule has 0 spiro atoms. The van der Waals surface area contributed by atoms with Crippen LogP contribution < -0.4 is 10.1 Å². The van der Waals surface area contributed by atoms with Crippen LogP contribution in [-0.4, -0.2) is 17.1 Å². The van der Waals surface area contributed by atoms with Crippen molar-refractivity contribution in [3.8, 4) is 5.75 Å². The number of hydrogen-bond acceptors (Lipinski definition) is 3. The van der Waals surface area contributed by atoms with Crippen LogP contribution in [0.15, 0.2) is 48.5 Å². The van der Waals surface area contributed by atoms with Crippen LogP contribution in [0, 0.1) is 0 Å². The highest BCUT2D eigenvalue weighted by molar-refractivity contribution is 5.74. The first-order chi connectivity index (χ1) is 10.2. The lowest BCUT2D eigenvalue weighted by atomic mass is 9.96. The van der Waals surface area contributed by atoms with Crippen molar-refractivity contribution in [2.45, 2.75) is 25.6 Å². The molecule has 0 aromatic heterocycles. The van der Waals surface area contributed by atoms with Crippen LogP contribution in [0.5, 0.6) is 5.75 Å². The van der Waals surface area contributed by atoms with Crippen molar-refractivity contribution in [1.29, 1.82) is 0 Å². The van der Waals surface area contributed by atoms with Gasteiger partial charge in [-0.2, -0.15) is 0 Å². The van der Waals surface area contributed by atoms with Crippen molar-refractivity contribution in [2.75, 3.05) is 0 Å². The molecule has 4 nitrogen and oxygen atoms in total. The van der Waals surface area contributed by atoms with Crippen LogP contribution in [0.1, 0.15) is 16.7 Å². The van der Waals surface area contributed by atoms with Crippen molar-refractivity contribution in [3.05, 3.63) is 65.2 Å². The molecule has 21 heavy (non-hydrogen) atoms. The first-order valence-corrected chi connectivity index (χ1v) is 6.97. The van der Waals surface area contributed by atoms with Crippen molar-refractivity contribution in [3.63, 3.8) is 0 Å². The Morgan fingerprint density at radius 1 is 1.19 bits per heavy atom. The third-order valence-corrected chi connectivity index (χ3v) is 3.69. The third-order valence-electron chi connectivity index (χ3n) is 3.69. The first-order valence-electron chi connectivity index (χ1n) is 6.97. The maximum Gasteiger partial charge on any atom is 0.321 e. The van der Waals surface area contributed by atoms with Crippen LogP contribution >= 0.6 is 0 Å². The first kappa shape index (κ1) is 13.6. The van der Waals surface area contributed by atoms with Gasteiger partial charge in [0.25, 0.3) is 0 Å². The summed E-state index contributed by atoms with van der Waals surface area (Å²) in [5.74, 6) is 0.0123. The van der Waals surface area contributed by atoms with Gasteiger partial charge < -0.3 is 15.2 Å². The molecule has 4 heteroatoms. The fourth-order valence-electron chi connectivity index (χ4n) is 2.50. The number of aliphatic carboxylic acids is 1. The van der Waals surface area contributed by atoms with Gasteiger partial charge in [-0.3, -0.25) is 4.79 Å². The van der Waals surface area contributed by atoms with Crippen LogP contribution in [0.3, 0.4) is 0 Å². The maximum absolute atomic E-state index is 11.0. The second-order valence-corrected chi connectivity index (χ2v) is 5.18.